The Morgan fingerprint density at radius 3 is 2.80 bits per heavy atom. The van der Waals surface area contributed by atoms with Gasteiger partial charge in [0.05, 0.1) is 11.0 Å². The summed E-state index contributed by atoms with van der Waals surface area (Å²) in [4.78, 5) is 36.5. The van der Waals surface area contributed by atoms with E-state index in [0.29, 0.717) is 12.3 Å². The molecule has 1 aromatic carbocycles. The molecule has 0 radical (unpaired) electrons. The maximum absolute atomic E-state index is 12.5. The van der Waals surface area contributed by atoms with Crippen LogP contribution in [0.2, 0.25) is 0 Å². The van der Waals surface area contributed by atoms with E-state index in [4.69, 9.17) is 4.42 Å². The number of rotatable bonds is 3. The van der Waals surface area contributed by atoms with Crippen molar-refractivity contribution in [3.8, 4) is 0 Å². The van der Waals surface area contributed by atoms with Gasteiger partial charge < -0.3 is 14.6 Å². The highest BCUT2D eigenvalue weighted by Gasteiger charge is 2.35. The molecule has 1 fully saturated rings. The van der Waals surface area contributed by atoms with E-state index in [1.807, 2.05) is 19.1 Å². The van der Waals surface area contributed by atoms with Gasteiger partial charge in [-0.25, -0.2) is 0 Å². The smallest absolute Gasteiger partial charge is 0.313 e. The number of anilines is 1. The van der Waals surface area contributed by atoms with Crippen LogP contribution in [0.5, 0.6) is 0 Å². The molecular formula is C17H17N3O5. The molecule has 1 aliphatic heterocycles. The summed E-state index contributed by atoms with van der Waals surface area (Å²) in [6.07, 6.45) is 1.50. The Hall–Kier alpha value is -3.16. The third kappa shape index (κ3) is 3.52. The summed E-state index contributed by atoms with van der Waals surface area (Å²) in [5.74, 6) is -0.0967. The zero-order valence-electron chi connectivity index (χ0n) is 13.6. The van der Waals surface area contributed by atoms with E-state index >= 15 is 0 Å². The van der Waals surface area contributed by atoms with Crippen LogP contribution < -0.4 is 5.32 Å². The molecule has 1 aromatic heterocycles. The largest absolute Gasteiger partial charge is 0.464 e. The van der Waals surface area contributed by atoms with E-state index in [0.717, 1.165) is 18.6 Å². The summed E-state index contributed by atoms with van der Waals surface area (Å²) < 4.78 is 5.59. The minimum absolute atomic E-state index is 0.157. The van der Waals surface area contributed by atoms with Crippen LogP contribution in [0.3, 0.4) is 0 Å². The van der Waals surface area contributed by atoms with Crippen molar-refractivity contribution >= 4 is 23.2 Å². The number of carbonyl (C=O) groups excluding carboxylic acids is 2. The van der Waals surface area contributed by atoms with Gasteiger partial charge >= 0.3 is 11.8 Å². The van der Waals surface area contributed by atoms with E-state index in [2.05, 4.69) is 5.32 Å². The molecule has 1 atom stereocenters. The normalized spacial score (nSPS) is 16.7. The van der Waals surface area contributed by atoms with Gasteiger partial charge in [-0.1, -0.05) is 6.07 Å². The summed E-state index contributed by atoms with van der Waals surface area (Å²) in [5.41, 5.74) is 0.0486. The highest BCUT2D eigenvalue weighted by atomic mass is 16.6. The lowest BCUT2D eigenvalue weighted by molar-refractivity contribution is -0.384. The number of furan rings is 1. The lowest BCUT2D eigenvalue weighted by Gasteiger charge is -2.22. The van der Waals surface area contributed by atoms with Gasteiger partial charge in [-0.2, -0.15) is 0 Å². The quantitative estimate of drug-likeness (QED) is 0.524. The summed E-state index contributed by atoms with van der Waals surface area (Å²) in [5, 5.41) is 13.2. The fourth-order valence-electron chi connectivity index (χ4n) is 2.95. The van der Waals surface area contributed by atoms with Gasteiger partial charge in [0.15, 0.2) is 0 Å². The van der Waals surface area contributed by atoms with Crippen molar-refractivity contribution in [3.63, 3.8) is 0 Å². The molecule has 0 bridgehead atoms. The Balaban J connectivity index is 1.72. The number of hydrogen-bond donors (Lipinski definition) is 1. The lowest BCUT2D eigenvalue weighted by atomic mass is 10.1. The highest BCUT2D eigenvalue weighted by Crippen LogP contribution is 2.33. The summed E-state index contributed by atoms with van der Waals surface area (Å²) in [6.45, 7) is 2.28. The van der Waals surface area contributed by atoms with Crippen molar-refractivity contribution in [1.29, 1.82) is 0 Å². The second-order valence-corrected chi connectivity index (χ2v) is 5.87. The Kier molecular flexibility index (Phi) is 4.51. The number of hydrogen-bond acceptors (Lipinski definition) is 5. The van der Waals surface area contributed by atoms with Crippen molar-refractivity contribution in [3.05, 3.63) is 58.0 Å². The number of likely N-dealkylation sites (tertiary alicyclic amines) is 1. The summed E-state index contributed by atoms with van der Waals surface area (Å²) in [6, 6.07) is 8.83. The zero-order valence-corrected chi connectivity index (χ0v) is 13.6. The maximum Gasteiger partial charge on any atom is 0.313 e. The molecule has 0 spiro atoms. The minimum Gasteiger partial charge on any atom is -0.464 e. The fraction of sp³-hybridized carbons (Fsp3) is 0.294. The zero-order chi connectivity index (χ0) is 18.0. The number of nitro benzene ring substituents is 1. The standard InChI is InChI=1S/C17H17N3O5/c1-11-7-8-15(25-11)14-6-3-9-19(14)17(22)16(21)18-12-4-2-5-13(10-12)20(23)24/h2,4-5,7-8,10,14H,3,6,9H2,1H3,(H,18,21)/t14-/m0/s1. The van der Waals surface area contributed by atoms with Gasteiger partial charge in [0, 0.05) is 24.4 Å². The third-order valence-corrected chi connectivity index (χ3v) is 4.11. The van der Waals surface area contributed by atoms with Crippen molar-refractivity contribution in [2.24, 2.45) is 0 Å². The molecule has 3 rings (SSSR count). The number of non-ortho nitro benzene ring substituents is 1. The molecule has 1 aliphatic rings. The number of nitro groups is 1. The predicted molar refractivity (Wildman–Crippen MR) is 88.9 cm³/mol. The first-order valence-corrected chi connectivity index (χ1v) is 7.88. The van der Waals surface area contributed by atoms with Gasteiger partial charge in [-0.15, -0.1) is 0 Å². The van der Waals surface area contributed by atoms with Crippen LogP contribution in [0, 0.1) is 17.0 Å². The second-order valence-electron chi connectivity index (χ2n) is 5.87. The molecule has 1 N–H and O–H groups in total. The SMILES string of the molecule is Cc1ccc([C@@H]2CCCN2C(=O)C(=O)Nc2cccc([N+](=O)[O-])c2)o1. The number of carbonyl (C=O) groups is 2. The van der Waals surface area contributed by atoms with E-state index in [1.165, 1.54) is 29.2 Å². The summed E-state index contributed by atoms with van der Waals surface area (Å²) >= 11 is 0. The van der Waals surface area contributed by atoms with E-state index < -0.39 is 16.7 Å². The number of nitrogens with zero attached hydrogens (tertiary/aromatic N) is 2. The molecule has 0 saturated carbocycles. The molecule has 130 valence electrons. The molecule has 0 unspecified atom stereocenters. The minimum atomic E-state index is -0.823. The first-order chi connectivity index (χ1) is 12.0. The highest BCUT2D eigenvalue weighted by molar-refractivity contribution is 6.39. The first kappa shape index (κ1) is 16.7. The fourth-order valence-corrected chi connectivity index (χ4v) is 2.95. The van der Waals surface area contributed by atoms with Crippen LogP contribution in [-0.2, 0) is 9.59 Å². The van der Waals surface area contributed by atoms with Crippen molar-refractivity contribution in [2.45, 2.75) is 25.8 Å². The third-order valence-electron chi connectivity index (χ3n) is 4.11. The number of nitrogens with one attached hydrogen (secondary N) is 1. The Morgan fingerprint density at radius 2 is 2.12 bits per heavy atom. The molecule has 0 aliphatic carbocycles. The average Bonchev–Trinajstić information content (AvgIpc) is 3.22. The maximum atomic E-state index is 12.5. The van der Waals surface area contributed by atoms with E-state index in [9.17, 15) is 19.7 Å². The van der Waals surface area contributed by atoms with Crippen LogP contribution >= 0.6 is 0 Å². The molecular weight excluding hydrogens is 326 g/mol. The molecule has 2 amide bonds. The van der Waals surface area contributed by atoms with Crippen LogP contribution in [0.4, 0.5) is 11.4 Å². The number of amides is 2. The van der Waals surface area contributed by atoms with Crippen molar-refractivity contribution in [1.82, 2.24) is 4.90 Å². The summed E-state index contributed by atoms with van der Waals surface area (Å²) in [7, 11) is 0. The molecule has 8 nitrogen and oxygen atoms in total. The van der Waals surface area contributed by atoms with E-state index in [-0.39, 0.29) is 17.4 Å². The number of benzene rings is 1. The molecule has 25 heavy (non-hydrogen) atoms. The van der Waals surface area contributed by atoms with Gasteiger partial charge in [0.1, 0.15) is 11.5 Å². The van der Waals surface area contributed by atoms with Gasteiger partial charge in [-0.05, 0) is 38.0 Å². The Bertz CT molecular complexity index is 829. The molecule has 2 aromatic rings. The van der Waals surface area contributed by atoms with Gasteiger partial charge in [0.25, 0.3) is 5.69 Å². The van der Waals surface area contributed by atoms with Crippen molar-refractivity contribution < 1.29 is 18.9 Å². The topological polar surface area (TPSA) is 106 Å². The van der Waals surface area contributed by atoms with E-state index in [1.54, 1.807) is 0 Å². The Labute approximate surface area is 143 Å². The molecule has 2 heterocycles. The monoisotopic (exact) mass is 343 g/mol. The van der Waals surface area contributed by atoms with Crippen molar-refractivity contribution in [2.75, 3.05) is 11.9 Å². The van der Waals surface area contributed by atoms with Crippen LogP contribution in [0.1, 0.15) is 30.4 Å². The van der Waals surface area contributed by atoms with Crippen LogP contribution in [-0.4, -0.2) is 28.2 Å². The Morgan fingerprint density at radius 1 is 1.32 bits per heavy atom. The lowest BCUT2D eigenvalue weighted by Crippen LogP contribution is -2.39. The van der Waals surface area contributed by atoms with Gasteiger partial charge in [-0.3, -0.25) is 19.7 Å². The second kappa shape index (κ2) is 6.76. The first-order valence-electron chi connectivity index (χ1n) is 7.88. The van der Waals surface area contributed by atoms with Gasteiger partial charge in [0.2, 0.25) is 0 Å². The number of aryl methyl sites for hydroxylation is 1. The molecule has 1 saturated heterocycles. The predicted octanol–water partition coefficient (Wildman–Crippen LogP) is 2.80. The average molecular weight is 343 g/mol. The van der Waals surface area contributed by atoms with Crippen LogP contribution in [0.25, 0.3) is 0 Å². The van der Waals surface area contributed by atoms with Crippen LogP contribution in [0.15, 0.2) is 40.8 Å². The molecule has 8 heteroatoms.